The zero-order valence-corrected chi connectivity index (χ0v) is 51.5. The average molecular weight is 1260 g/mol. The van der Waals surface area contributed by atoms with Gasteiger partial charge in [-0.3, -0.25) is 0 Å². The van der Waals surface area contributed by atoms with Crippen LogP contribution in [0.4, 0.5) is 0 Å². The van der Waals surface area contributed by atoms with Crippen LogP contribution in [0.3, 0.4) is 0 Å². The van der Waals surface area contributed by atoms with Crippen LogP contribution in [0.25, 0.3) is 0 Å². The highest BCUT2D eigenvalue weighted by atomic mass is 16.8. The molecule has 1 aromatic rings. The van der Waals surface area contributed by atoms with Crippen molar-refractivity contribution in [3.05, 3.63) is 35.9 Å². The zero-order valence-electron chi connectivity index (χ0n) is 51.5. The van der Waals surface area contributed by atoms with E-state index in [9.17, 15) is 66.1 Å². The molecule has 5 aliphatic heterocycles. The number of rotatable bonds is 18. The minimum Gasteiger partial charge on any atom is -0.458 e. The first kappa shape index (κ1) is 68.5. The smallest absolute Gasteiger partial charge is 0.338 e. The Hall–Kier alpha value is -2.31. The third kappa shape index (κ3) is 11.9. The van der Waals surface area contributed by atoms with Crippen LogP contribution in [0.15, 0.2) is 30.3 Å². The maximum atomic E-state index is 13.8. The summed E-state index contributed by atoms with van der Waals surface area (Å²) in [4.78, 5) is 13.8. The van der Waals surface area contributed by atoms with Crippen molar-refractivity contribution in [3.63, 3.8) is 0 Å². The molecule has 0 bridgehead atoms. The first-order valence-electron chi connectivity index (χ1n) is 31.2. The molecule has 10 rings (SSSR count). The van der Waals surface area contributed by atoms with Crippen LogP contribution in [0, 0.1) is 22.7 Å². The number of aliphatic hydroxyl groups is 12. The third-order valence-electron chi connectivity index (χ3n) is 22.2. The number of benzene rings is 1. The van der Waals surface area contributed by atoms with Crippen molar-refractivity contribution in [1.82, 2.24) is 0 Å². The van der Waals surface area contributed by atoms with Gasteiger partial charge in [0.15, 0.2) is 31.5 Å². The van der Waals surface area contributed by atoms with Gasteiger partial charge in [-0.05, 0) is 108 Å². The van der Waals surface area contributed by atoms with Gasteiger partial charge in [0.25, 0.3) is 0 Å². The Morgan fingerprint density at radius 2 is 1.14 bits per heavy atom. The summed E-state index contributed by atoms with van der Waals surface area (Å²) in [7, 11) is 4.43. The number of aliphatic hydroxyl groups excluding tert-OH is 9. The van der Waals surface area contributed by atoms with Crippen LogP contribution in [0.2, 0.25) is 0 Å². The van der Waals surface area contributed by atoms with Gasteiger partial charge in [-0.2, -0.15) is 0 Å². The molecule has 0 amide bonds. The van der Waals surface area contributed by atoms with Crippen molar-refractivity contribution in [1.29, 1.82) is 0 Å². The first-order valence-corrected chi connectivity index (χ1v) is 31.2. The van der Waals surface area contributed by atoms with Crippen LogP contribution in [-0.2, 0) is 66.3 Å². The summed E-state index contributed by atoms with van der Waals surface area (Å²) in [5.41, 5.74) is -7.25. The molecule has 4 aliphatic carbocycles. The van der Waals surface area contributed by atoms with Gasteiger partial charge in [0.1, 0.15) is 96.7 Å². The fourth-order valence-corrected chi connectivity index (χ4v) is 16.9. The fraction of sp³-hybridized carbons (Fsp3) is 0.885. The van der Waals surface area contributed by atoms with Gasteiger partial charge in [0.2, 0.25) is 0 Å². The molecule has 27 heteroatoms. The lowest BCUT2D eigenvalue weighted by Gasteiger charge is -2.69. The van der Waals surface area contributed by atoms with Crippen LogP contribution < -0.4 is 0 Å². The van der Waals surface area contributed by atoms with E-state index in [0.29, 0.717) is 37.7 Å². The molecule has 5 saturated heterocycles. The fourth-order valence-electron chi connectivity index (χ4n) is 16.9. The van der Waals surface area contributed by atoms with Crippen molar-refractivity contribution < 1.29 is 132 Å². The minimum atomic E-state index is -1.90. The van der Waals surface area contributed by atoms with E-state index < -0.39 is 206 Å². The highest BCUT2D eigenvalue weighted by molar-refractivity contribution is 5.89. The number of esters is 1. The second kappa shape index (κ2) is 26.8. The van der Waals surface area contributed by atoms with E-state index in [0.717, 1.165) is 0 Å². The molecular weight excluding hydrogens is 1160 g/mol. The van der Waals surface area contributed by atoms with E-state index in [4.69, 9.17) is 66.3 Å². The summed E-state index contributed by atoms with van der Waals surface area (Å²) >= 11 is 0. The predicted molar refractivity (Wildman–Crippen MR) is 299 cm³/mol. The van der Waals surface area contributed by atoms with E-state index in [2.05, 4.69) is 6.92 Å². The van der Waals surface area contributed by atoms with Crippen molar-refractivity contribution in [3.8, 4) is 0 Å². The summed E-state index contributed by atoms with van der Waals surface area (Å²) in [6, 6.07) is 8.52. The van der Waals surface area contributed by atoms with Crippen LogP contribution in [0.1, 0.15) is 116 Å². The predicted octanol–water partition coefficient (Wildman–Crippen LogP) is -1.21. The van der Waals surface area contributed by atoms with Gasteiger partial charge in [-0.1, -0.05) is 32.0 Å². The lowest BCUT2D eigenvalue weighted by Crippen LogP contribution is -2.79. The van der Waals surface area contributed by atoms with Gasteiger partial charge < -0.3 is 128 Å². The monoisotopic (exact) mass is 1260 g/mol. The third-order valence-corrected chi connectivity index (χ3v) is 22.2. The molecule has 12 N–H and O–H groups in total. The largest absolute Gasteiger partial charge is 0.458 e. The van der Waals surface area contributed by atoms with Crippen LogP contribution in [0.5, 0.6) is 0 Å². The molecule has 0 aromatic heterocycles. The topological polar surface area (TPSA) is 389 Å². The molecule has 0 unspecified atom stereocenters. The van der Waals surface area contributed by atoms with E-state index in [1.54, 1.807) is 58.2 Å². The van der Waals surface area contributed by atoms with E-state index >= 15 is 0 Å². The molecule has 4 saturated carbocycles. The minimum absolute atomic E-state index is 0.00589. The first-order chi connectivity index (χ1) is 41.7. The Morgan fingerprint density at radius 3 is 1.74 bits per heavy atom. The Kier molecular flexibility index (Phi) is 20.9. The number of methoxy groups -OCH3 is 3. The summed E-state index contributed by atoms with van der Waals surface area (Å²) < 4.78 is 86.2. The molecule has 88 heavy (non-hydrogen) atoms. The Labute approximate surface area is 512 Å². The molecule has 9 aliphatic rings. The highest BCUT2D eigenvalue weighted by Gasteiger charge is 2.82. The van der Waals surface area contributed by atoms with Crippen molar-refractivity contribution in [2.75, 3.05) is 34.5 Å². The standard InChI is InChI=1S/C61H96O27/c1-27-48(34(75-7)22-40(78-27)81-33-16-17-57(5)32(21-33)15-18-60(73)38(57)24-39(84-53(71)31-13-11-10-12-14-31)58(6)59(72,30(4)64)19-20-61(58,60)74)85-41-23-35(76-8)49(28(2)79-41)86-56-47(70)52(77-9)50(29(3)80-56)87-55-46(69)44(67)51(37(26-63)83-55)88-54-45(68)43(66)42(65)36(25-62)82-54/h10-14,27-30,32-52,54-56,62-70,72-74H,15-26H2,1-9H3/t27-,28-,29-,30+,32+,33+,34+,35-,36-,37-,38-,39-,40+,41+,42-,43+,44-,45-,46-,47-,48-,49-,50-,51-,52-,54+,55+,56+,57+,58-,59-,60+,61-/m1/s1. The van der Waals surface area contributed by atoms with E-state index in [-0.39, 0.29) is 44.1 Å². The molecule has 33 atom stereocenters. The SMILES string of the molecule is CO[C@@H]1[C@@H](O)[C@H](O[C@@H]2[C@@H](C)O[C@@H](O[C@H]3[C@@H](OC)C[C@H](O[C@H]4CC[C@@]5(C)[C@@H](CC[C@]6(O)[C@@H]5C[C@@H](OC(=O)c5ccccc5)[C@@]5(C)[C@]6(O)CC[C@@]5(O)[C@H](C)O)C4)O[C@@H]3C)C[C@H]2OC)O[C@H](C)[C@H]1O[C@@H]1O[C@H](CO)[C@@H](O[C@@H]2O[C@H](CO)[C@@H](O)[C@H](O)[C@H]2O)[C@H](O)[C@H]1O. The van der Waals surface area contributed by atoms with Gasteiger partial charge in [0, 0.05) is 34.2 Å². The highest BCUT2D eigenvalue weighted by Crippen LogP contribution is 2.72. The second-order valence-electron chi connectivity index (χ2n) is 26.7. The number of ether oxygens (including phenoxy) is 14. The molecule has 9 fully saturated rings. The Morgan fingerprint density at radius 1 is 0.580 bits per heavy atom. The lowest BCUT2D eigenvalue weighted by molar-refractivity contribution is -0.385. The summed E-state index contributed by atoms with van der Waals surface area (Å²) in [6.45, 7) is 8.98. The van der Waals surface area contributed by atoms with Crippen LogP contribution >= 0.6 is 0 Å². The average Bonchev–Trinajstić information content (AvgIpc) is 1.74. The lowest BCUT2D eigenvalue weighted by atomic mass is 9.40. The second-order valence-corrected chi connectivity index (χ2v) is 26.7. The quantitative estimate of drug-likeness (QED) is 0.0606. The number of hydrogen-bond donors (Lipinski definition) is 12. The molecular formula is C61H96O27. The Balaban J connectivity index is 0.730. The van der Waals surface area contributed by atoms with E-state index in [1.807, 2.05) is 6.92 Å². The summed E-state index contributed by atoms with van der Waals surface area (Å²) in [5, 5.41) is 135. The number of fused-ring (bicyclic) bond motifs is 5. The van der Waals surface area contributed by atoms with Gasteiger partial charge in [-0.15, -0.1) is 0 Å². The molecule has 0 radical (unpaired) electrons. The maximum Gasteiger partial charge on any atom is 0.338 e. The zero-order chi connectivity index (χ0) is 63.7. The number of carbonyl (C=O) groups excluding carboxylic acids is 1. The number of hydrogen-bond acceptors (Lipinski definition) is 27. The molecule has 502 valence electrons. The van der Waals surface area contributed by atoms with Gasteiger partial charge >= 0.3 is 5.97 Å². The van der Waals surface area contributed by atoms with Crippen molar-refractivity contribution >= 4 is 5.97 Å². The Bertz CT molecular complexity index is 2470. The van der Waals surface area contributed by atoms with Crippen LogP contribution in [-0.4, -0.2) is 278 Å². The van der Waals surface area contributed by atoms with Gasteiger partial charge in [-0.25, -0.2) is 4.79 Å². The maximum absolute atomic E-state index is 13.8. The van der Waals surface area contributed by atoms with Crippen molar-refractivity contribution in [2.24, 2.45) is 22.7 Å². The molecule has 1 aromatic carbocycles. The molecule has 0 spiro atoms. The van der Waals surface area contributed by atoms with Gasteiger partial charge in [0.05, 0.1) is 72.5 Å². The molecule has 27 nitrogen and oxygen atoms in total. The van der Waals surface area contributed by atoms with E-state index in [1.165, 1.54) is 21.1 Å². The van der Waals surface area contributed by atoms with Crippen molar-refractivity contribution in [2.45, 2.75) is 282 Å². The summed E-state index contributed by atoms with van der Waals surface area (Å²) in [6.07, 6.45) is -27.4. The number of carbonyl (C=O) groups is 1. The molecule has 5 heterocycles. The summed E-state index contributed by atoms with van der Waals surface area (Å²) in [5.74, 6) is -1.10. The normalized spacial score (nSPS) is 51.8.